The van der Waals surface area contributed by atoms with E-state index in [-0.39, 0.29) is 35.2 Å². The topological polar surface area (TPSA) is 109 Å². The van der Waals surface area contributed by atoms with Crippen molar-refractivity contribution in [3.8, 4) is 11.1 Å². The summed E-state index contributed by atoms with van der Waals surface area (Å²) in [5.41, 5.74) is 3.51. The number of rotatable bonds is 7. The number of benzene rings is 3. The highest BCUT2D eigenvalue weighted by Crippen LogP contribution is 2.20. The second kappa shape index (κ2) is 9.46. The molecule has 3 aromatic carbocycles. The second-order valence-corrected chi connectivity index (χ2v) is 12.0. The molecule has 1 aliphatic heterocycles. The lowest BCUT2D eigenvalue weighted by atomic mass is 10.0. The Morgan fingerprint density at radius 3 is 2.12 bits per heavy atom. The summed E-state index contributed by atoms with van der Waals surface area (Å²) in [5, 5.41) is 2.77. The zero-order valence-electron chi connectivity index (χ0n) is 17.8. The molecule has 7 nitrogen and oxygen atoms in total. The highest BCUT2D eigenvalue weighted by Gasteiger charge is 2.31. The van der Waals surface area contributed by atoms with E-state index in [2.05, 4.69) is 10.0 Å². The van der Waals surface area contributed by atoms with E-state index in [0.717, 1.165) is 16.7 Å². The maximum atomic E-state index is 12.5. The van der Waals surface area contributed by atoms with Crippen LogP contribution in [-0.4, -0.2) is 40.3 Å². The molecule has 2 N–H and O–H groups in total. The number of sulfone groups is 1. The lowest BCUT2D eigenvalue weighted by Crippen LogP contribution is -2.35. The van der Waals surface area contributed by atoms with Crippen LogP contribution < -0.4 is 10.0 Å². The molecule has 0 aliphatic carbocycles. The van der Waals surface area contributed by atoms with Crippen molar-refractivity contribution in [2.75, 3.05) is 16.8 Å². The first-order chi connectivity index (χ1) is 15.7. The summed E-state index contributed by atoms with van der Waals surface area (Å²) in [6, 6.07) is 22.9. The van der Waals surface area contributed by atoms with Crippen molar-refractivity contribution in [1.29, 1.82) is 0 Å². The third kappa shape index (κ3) is 6.07. The molecule has 1 aliphatic rings. The maximum absolute atomic E-state index is 12.5. The molecule has 1 heterocycles. The Morgan fingerprint density at radius 2 is 1.52 bits per heavy atom. The minimum atomic E-state index is -3.84. The van der Waals surface area contributed by atoms with Gasteiger partial charge < -0.3 is 5.32 Å². The van der Waals surface area contributed by atoms with Crippen molar-refractivity contribution in [3.05, 3.63) is 84.4 Å². The van der Waals surface area contributed by atoms with Crippen LogP contribution in [0.15, 0.2) is 83.8 Å². The SMILES string of the molecule is O=C(Cc1ccc(-c2ccccc2)cc1)Nc1ccc(S(=O)(=O)N[C@H]2CCS(=O)(=O)C2)cc1. The van der Waals surface area contributed by atoms with Gasteiger partial charge in [0.15, 0.2) is 9.84 Å². The minimum Gasteiger partial charge on any atom is -0.326 e. The highest BCUT2D eigenvalue weighted by molar-refractivity contribution is 7.92. The summed E-state index contributed by atoms with van der Waals surface area (Å²) in [5.74, 6) is -0.417. The van der Waals surface area contributed by atoms with Crippen LogP contribution in [-0.2, 0) is 31.1 Å². The first-order valence-corrected chi connectivity index (χ1v) is 13.8. The zero-order chi connectivity index (χ0) is 23.5. The van der Waals surface area contributed by atoms with Gasteiger partial charge in [0.05, 0.1) is 22.8 Å². The van der Waals surface area contributed by atoms with E-state index in [0.29, 0.717) is 5.69 Å². The molecule has 0 saturated carbocycles. The van der Waals surface area contributed by atoms with E-state index in [1.165, 1.54) is 24.3 Å². The monoisotopic (exact) mass is 484 g/mol. The largest absolute Gasteiger partial charge is 0.326 e. The van der Waals surface area contributed by atoms with E-state index in [4.69, 9.17) is 0 Å². The predicted molar refractivity (Wildman–Crippen MR) is 128 cm³/mol. The Balaban J connectivity index is 1.34. The van der Waals surface area contributed by atoms with E-state index >= 15 is 0 Å². The predicted octanol–water partition coefficient (Wildman–Crippen LogP) is 3.00. The van der Waals surface area contributed by atoms with Gasteiger partial charge in [-0.3, -0.25) is 4.79 Å². The van der Waals surface area contributed by atoms with Crippen molar-refractivity contribution in [1.82, 2.24) is 4.72 Å². The number of carbonyl (C=O) groups excluding carboxylic acids is 1. The zero-order valence-corrected chi connectivity index (χ0v) is 19.4. The van der Waals surface area contributed by atoms with Gasteiger partial charge in [-0.1, -0.05) is 54.6 Å². The van der Waals surface area contributed by atoms with Crippen LogP contribution in [0.5, 0.6) is 0 Å². The average molecular weight is 485 g/mol. The molecule has 0 unspecified atom stereocenters. The number of hydrogen-bond acceptors (Lipinski definition) is 5. The molecule has 1 fully saturated rings. The molecular formula is C24H24N2O5S2. The average Bonchev–Trinajstić information content (AvgIpc) is 3.12. The number of nitrogens with one attached hydrogen (secondary N) is 2. The summed E-state index contributed by atoms with van der Waals surface area (Å²) in [7, 11) is -7.03. The van der Waals surface area contributed by atoms with Crippen LogP contribution in [0, 0.1) is 0 Å². The van der Waals surface area contributed by atoms with Gasteiger partial charge in [0.2, 0.25) is 15.9 Å². The van der Waals surface area contributed by atoms with E-state index in [1.54, 1.807) is 0 Å². The minimum absolute atomic E-state index is 0.0138. The molecule has 33 heavy (non-hydrogen) atoms. The van der Waals surface area contributed by atoms with Crippen LogP contribution in [0.3, 0.4) is 0 Å². The number of hydrogen-bond donors (Lipinski definition) is 2. The van der Waals surface area contributed by atoms with E-state index in [1.807, 2.05) is 54.6 Å². The van der Waals surface area contributed by atoms with Crippen molar-refractivity contribution >= 4 is 31.5 Å². The van der Waals surface area contributed by atoms with Crippen LogP contribution in [0.1, 0.15) is 12.0 Å². The fraction of sp³-hybridized carbons (Fsp3) is 0.208. The summed E-state index contributed by atoms with van der Waals surface area (Å²) in [6.45, 7) is 0. The molecule has 9 heteroatoms. The Kier molecular flexibility index (Phi) is 6.64. The van der Waals surface area contributed by atoms with Gasteiger partial charge in [-0.05, 0) is 47.4 Å². The quantitative estimate of drug-likeness (QED) is 0.536. The fourth-order valence-electron chi connectivity index (χ4n) is 3.73. The molecule has 4 rings (SSSR count). The Hall–Kier alpha value is -3.01. The first-order valence-electron chi connectivity index (χ1n) is 10.5. The van der Waals surface area contributed by atoms with Crippen LogP contribution in [0.25, 0.3) is 11.1 Å². The molecule has 172 valence electrons. The van der Waals surface area contributed by atoms with Crippen molar-refractivity contribution in [2.45, 2.75) is 23.8 Å². The van der Waals surface area contributed by atoms with Gasteiger partial charge in [0.25, 0.3) is 0 Å². The third-order valence-corrected chi connectivity index (χ3v) is 8.73. The molecule has 1 amide bonds. The van der Waals surface area contributed by atoms with Crippen LogP contribution >= 0.6 is 0 Å². The Morgan fingerprint density at radius 1 is 0.879 bits per heavy atom. The van der Waals surface area contributed by atoms with Gasteiger partial charge in [0.1, 0.15) is 0 Å². The number of anilines is 1. The molecule has 3 aromatic rings. The smallest absolute Gasteiger partial charge is 0.240 e. The molecular weight excluding hydrogens is 460 g/mol. The molecule has 0 aromatic heterocycles. The first kappa shape index (κ1) is 23.2. The highest BCUT2D eigenvalue weighted by atomic mass is 32.2. The Bertz CT molecular complexity index is 1340. The normalized spacial score (nSPS) is 17.5. The molecule has 1 atom stereocenters. The standard InChI is InChI=1S/C24H24N2O5S2/c27-24(16-18-6-8-20(9-7-18)19-4-2-1-3-5-19)25-21-10-12-23(13-11-21)33(30,31)26-22-14-15-32(28,29)17-22/h1-13,22,26H,14-17H2,(H,25,27)/t22-/m0/s1. The van der Waals surface area contributed by atoms with Gasteiger partial charge >= 0.3 is 0 Å². The number of sulfonamides is 1. The van der Waals surface area contributed by atoms with E-state index < -0.39 is 25.9 Å². The summed E-state index contributed by atoms with van der Waals surface area (Å²) >= 11 is 0. The van der Waals surface area contributed by atoms with Gasteiger partial charge in [-0.15, -0.1) is 0 Å². The number of amides is 1. The third-order valence-electron chi connectivity index (χ3n) is 5.43. The van der Waals surface area contributed by atoms with Crippen molar-refractivity contribution in [3.63, 3.8) is 0 Å². The molecule has 0 radical (unpaired) electrons. The van der Waals surface area contributed by atoms with Gasteiger partial charge in [0, 0.05) is 11.7 Å². The number of carbonyl (C=O) groups is 1. The lowest BCUT2D eigenvalue weighted by Gasteiger charge is -2.12. The Labute approximate surface area is 193 Å². The second-order valence-electron chi connectivity index (χ2n) is 8.03. The summed E-state index contributed by atoms with van der Waals surface area (Å²) in [4.78, 5) is 12.4. The van der Waals surface area contributed by atoms with Gasteiger partial charge in [-0.2, -0.15) is 0 Å². The molecule has 0 bridgehead atoms. The van der Waals surface area contributed by atoms with Crippen LogP contribution in [0.4, 0.5) is 5.69 Å². The summed E-state index contributed by atoms with van der Waals surface area (Å²) < 4.78 is 50.6. The van der Waals surface area contributed by atoms with Crippen molar-refractivity contribution < 1.29 is 21.6 Å². The molecule has 1 saturated heterocycles. The summed E-state index contributed by atoms with van der Waals surface area (Å²) in [6.07, 6.45) is 0.453. The maximum Gasteiger partial charge on any atom is 0.240 e. The van der Waals surface area contributed by atoms with Gasteiger partial charge in [-0.25, -0.2) is 21.6 Å². The van der Waals surface area contributed by atoms with Crippen LogP contribution in [0.2, 0.25) is 0 Å². The molecule has 0 spiro atoms. The lowest BCUT2D eigenvalue weighted by molar-refractivity contribution is -0.115. The fourth-order valence-corrected chi connectivity index (χ4v) is 6.78. The van der Waals surface area contributed by atoms with Crippen molar-refractivity contribution in [2.24, 2.45) is 0 Å². The van der Waals surface area contributed by atoms with E-state index in [9.17, 15) is 21.6 Å².